The molecule has 0 aliphatic rings. The summed E-state index contributed by atoms with van der Waals surface area (Å²) in [7, 11) is 0. The fraction of sp³-hybridized carbons (Fsp3) is 0.0645. The molecule has 40 heavy (non-hydrogen) atoms. The molecule has 0 saturated heterocycles. The van der Waals surface area contributed by atoms with Crippen molar-refractivity contribution in [2.24, 2.45) is 5.10 Å². The van der Waals surface area contributed by atoms with Gasteiger partial charge in [0, 0.05) is 16.5 Å². The summed E-state index contributed by atoms with van der Waals surface area (Å²) in [5, 5.41) is 4.96. The van der Waals surface area contributed by atoms with E-state index in [-0.39, 0.29) is 22.0 Å². The minimum absolute atomic E-state index is 0.214. The zero-order valence-corrected chi connectivity index (χ0v) is 22.0. The highest BCUT2D eigenvalue weighted by Gasteiger charge is 2.20. The first-order chi connectivity index (χ1) is 19.4. The van der Waals surface area contributed by atoms with Crippen LogP contribution in [0.25, 0.3) is 22.0 Å². The summed E-state index contributed by atoms with van der Waals surface area (Å²) < 4.78 is 25.2. The first-order valence-electron chi connectivity index (χ1n) is 12.4. The summed E-state index contributed by atoms with van der Waals surface area (Å²) in [5.74, 6) is -0.984. The van der Waals surface area contributed by atoms with Crippen LogP contribution in [0.3, 0.4) is 0 Å². The minimum atomic E-state index is -0.618. The zero-order valence-electron chi connectivity index (χ0n) is 21.3. The number of aromatic nitrogens is 1. The van der Waals surface area contributed by atoms with Crippen LogP contribution in [0.5, 0.6) is 11.5 Å². The van der Waals surface area contributed by atoms with E-state index in [0.717, 1.165) is 5.56 Å². The molecule has 0 bridgehead atoms. The van der Waals surface area contributed by atoms with Gasteiger partial charge in [0.1, 0.15) is 11.5 Å². The van der Waals surface area contributed by atoms with Gasteiger partial charge in [-0.3, -0.25) is 4.79 Å². The van der Waals surface area contributed by atoms with Crippen molar-refractivity contribution in [2.45, 2.75) is 6.92 Å². The SMILES string of the molecule is CCOc1cc(C=NNC(=O)c2[nH]c3ccc(F)cc3c2-c2ccccc2)ccc1OC(=O)c1ccccc1Cl. The number of H-pyrrole nitrogens is 1. The molecule has 5 rings (SSSR count). The number of carbonyl (C=O) groups is 2. The van der Waals surface area contributed by atoms with Gasteiger partial charge in [0.2, 0.25) is 0 Å². The molecule has 5 aromatic rings. The van der Waals surface area contributed by atoms with Crippen LogP contribution in [0, 0.1) is 5.82 Å². The number of fused-ring (bicyclic) bond motifs is 1. The minimum Gasteiger partial charge on any atom is -0.490 e. The van der Waals surface area contributed by atoms with Crippen molar-refractivity contribution in [3.63, 3.8) is 0 Å². The Hall–Kier alpha value is -4.95. The van der Waals surface area contributed by atoms with Crippen LogP contribution >= 0.6 is 11.6 Å². The van der Waals surface area contributed by atoms with E-state index in [0.29, 0.717) is 34.4 Å². The van der Waals surface area contributed by atoms with E-state index in [9.17, 15) is 14.0 Å². The molecular formula is C31H23ClFN3O4. The van der Waals surface area contributed by atoms with E-state index >= 15 is 0 Å². The van der Waals surface area contributed by atoms with Gasteiger partial charge < -0.3 is 14.5 Å². The van der Waals surface area contributed by atoms with Crippen molar-refractivity contribution in [2.75, 3.05) is 6.61 Å². The Morgan fingerprint density at radius 2 is 1.75 bits per heavy atom. The number of ether oxygens (including phenoxy) is 2. The maximum absolute atomic E-state index is 14.0. The first kappa shape index (κ1) is 26.6. The second-order valence-corrected chi connectivity index (χ2v) is 9.05. The molecule has 0 unspecified atom stereocenters. The number of benzene rings is 4. The lowest BCUT2D eigenvalue weighted by Crippen LogP contribution is -2.18. The van der Waals surface area contributed by atoms with Crippen LogP contribution in [0.2, 0.25) is 5.02 Å². The average Bonchev–Trinajstić information content (AvgIpc) is 3.34. The van der Waals surface area contributed by atoms with E-state index in [4.69, 9.17) is 21.1 Å². The zero-order chi connectivity index (χ0) is 28.1. The van der Waals surface area contributed by atoms with Gasteiger partial charge in [-0.2, -0.15) is 5.10 Å². The lowest BCUT2D eigenvalue weighted by atomic mass is 10.0. The summed E-state index contributed by atoms with van der Waals surface area (Å²) in [6, 6.07) is 25.0. The predicted octanol–water partition coefficient (Wildman–Crippen LogP) is 7.01. The number of halogens is 2. The van der Waals surface area contributed by atoms with Gasteiger partial charge in [-0.15, -0.1) is 0 Å². The van der Waals surface area contributed by atoms with E-state index in [2.05, 4.69) is 15.5 Å². The quantitative estimate of drug-likeness (QED) is 0.0932. The van der Waals surface area contributed by atoms with Crippen LogP contribution in [-0.4, -0.2) is 29.7 Å². The number of nitrogens with zero attached hydrogens (tertiary/aromatic N) is 1. The molecular weight excluding hydrogens is 533 g/mol. The topological polar surface area (TPSA) is 92.8 Å². The van der Waals surface area contributed by atoms with Crippen molar-refractivity contribution in [1.29, 1.82) is 0 Å². The maximum atomic E-state index is 14.0. The molecule has 0 atom stereocenters. The van der Waals surface area contributed by atoms with Crippen LogP contribution < -0.4 is 14.9 Å². The van der Waals surface area contributed by atoms with Crippen LogP contribution in [-0.2, 0) is 0 Å². The third-order valence-electron chi connectivity index (χ3n) is 5.99. The molecule has 0 aliphatic carbocycles. The van der Waals surface area contributed by atoms with Crippen molar-refractivity contribution in [3.8, 4) is 22.6 Å². The number of aromatic amines is 1. The van der Waals surface area contributed by atoms with E-state index < -0.39 is 17.7 Å². The Morgan fingerprint density at radius 1 is 0.975 bits per heavy atom. The number of hydrazone groups is 1. The van der Waals surface area contributed by atoms with Crippen molar-refractivity contribution < 1.29 is 23.5 Å². The molecule has 7 nitrogen and oxygen atoms in total. The highest BCUT2D eigenvalue weighted by atomic mass is 35.5. The monoisotopic (exact) mass is 555 g/mol. The number of hydrogen-bond donors (Lipinski definition) is 2. The molecule has 0 spiro atoms. The highest BCUT2D eigenvalue weighted by Crippen LogP contribution is 2.33. The lowest BCUT2D eigenvalue weighted by Gasteiger charge is -2.12. The molecule has 1 amide bonds. The molecule has 1 heterocycles. The average molecular weight is 556 g/mol. The molecule has 0 aliphatic heterocycles. The Bertz CT molecular complexity index is 1730. The fourth-order valence-electron chi connectivity index (χ4n) is 4.20. The number of hydrogen-bond acceptors (Lipinski definition) is 5. The second kappa shape index (κ2) is 11.8. The Labute approximate surface area is 234 Å². The molecule has 0 fully saturated rings. The van der Waals surface area contributed by atoms with Gasteiger partial charge in [0.05, 0.1) is 23.4 Å². The van der Waals surface area contributed by atoms with Gasteiger partial charge in [-0.05, 0) is 66.6 Å². The van der Waals surface area contributed by atoms with Gasteiger partial charge in [0.15, 0.2) is 11.5 Å². The Morgan fingerprint density at radius 3 is 2.52 bits per heavy atom. The predicted molar refractivity (Wildman–Crippen MR) is 153 cm³/mol. The molecule has 2 N–H and O–H groups in total. The smallest absolute Gasteiger partial charge is 0.345 e. The van der Waals surface area contributed by atoms with Gasteiger partial charge in [0.25, 0.3) is 5.91 Å². The standard InChI is InChI=1S/C31H23ClFN3O4/c1-2-39-27-16-19(12-15-26(27)40-31(38)22-10-6-7-11-24(22)32)18-34-36-30(37)29-28(20-8-4-3-5-9-20)23-17-21(33)13-14-25(23)35-29/h3-18,35H,2H2,1H3,(H,36,37). The molecule has 0 saturated carbocycles. The number of nitrogens with one attached hydrogen (secondary N) is 2. The summed E-state index contributed by atoms with van der Waals surface area (Å²) in [6.45, 7) is 2.13. The van der Waals surface area contributed by atoms with E-state index in [1.54, 1.807) is 55.5 Å². The first-order valence-corrected chi connectivity index (χ1v) is 12.8. The molecule has 4 aromatic carbocycles. The Kier molecular flexibility index (Phi) is 7.89. The summed E-state index contributed by atoms with van der Waals surface area (Å²) >= 11 is 6.11. The molecule has 200 valence electrons. The number of esters is 1. The summed E-state index contributed by atoms with van der Waals surface area (Å²) in [5.41, 5.74) is 5.55. The van der Waals surface area contributed by atoms with Gasteiger partial charge >= 0.3 is 5.97 Å². The second-order valence-electron chi connectivity index (χ2n) is 8.64. The third-order valence-corrected chi connectivity index (χ3v) is 6.32. The van der Waals surface area contributed by atoms with Gasteiger partial charge in [-0.1, -0.05) is 54.1 Å². The van der Waals surface area contributed by atoms with Crippen LogP contribution in [0.15, 0.2) is 96.1 Å². The third kappa shape index (κ3) is 5.72. The van der Waals surface area contributed by atoms with Crippen molar-refractivity contribution in [1.82, 2.24) is 10.4 Å². The Balaban J connectivity index is 1.36. The highest BCUT2D eigenvalue weighted by molar-refractivity contribution is 6.33. The van der Waals surface area contributed by atoms with Crippen LogP contribution in [0.1, 0.15) is 33.3 Å². The number of rotatable bonds is 8. The number of amides is 1. The van der Waals surface area contributed by atoms with E-state index in [1.807, 2.05) is 30.3 Å². The maximum Gasteiger partial charge on any atom is 0.345 e. The van der Waals surface area contributed by atoms with Crippen LogP contribution in [0.4, 0.5) is 4.39 Å². The fourth-order valence-corrected chi connectivity index (χ4v) is 4.41. The number of carbonyl (C=O) groups excluding carboxylic acids is 2. The van der Waals surface area contributed by atoms with Crippen molar-refractivity contribution >= 4 is 40.6 Å². The molecule has 0 radical (unpaired) electrons. The van der Waals surface area contributed by atoms with E-state index in [1.165, 1.54) is 18.3 Å². The normalized spacial score (nSPS) is 11.1. The molecule has 1 aromatic heterocycles. The molecule has 9 heteroatoms. The summed E-state index contributed by atoms with van der Waals surface area (Å²) in [6.07, 6.45) is 1.44. The van der Waals surface area contributed by atoms with Gasteiger partial charge in [-0.25, -0.2) is 14.6 Å². The largest absolute Gasteiger partial charge is 0.490 e. The summed E-state index contributed by atoms with van der Waals surface area (Å²) in [4.78, 5) is 28.8. The van der Waals surface area contributed by atoms with Crippen molar-refractivity contribution in [3.05, 3.63) is 119 Å². The lowest BCUT2D eigenvalue weighted by molar-refractivity contribution is 0.0728.